The first-order chi connectivity index (χ1) is 8.10. The Morgan fingerprint density at radius 2 is 1.94 bits per heavy atom. The second-order valence-corrected chi connectivity index (χ2v) is 3.92. The number of hydrogen-bond acceptors (Lipinski definition) is 3. The Kier molecular flexibility index (Phi) is 2.79. The summed E-state index contributed by atoms with van der Waals surface area (Å²) in [6.07, 6.45) is -0.373. The van der Waals surface area contributed by atoms with E-state index in [9.17, 15) is 4.79 Å². The largest absolute Gasteiger partial charge is 0.496 e. The highest BCUT2D eigenvalue weighted by atomic mass is 16.5. The van der Waals surface area contributed by atoms with Crippen LogP contribution >= 0.6 is 0 Å². The quantitative estimate of drug-likeness (QED) is 0.760. The molecule has 1 aromatic heterocycles. The third kappa shape index (κ3) is 1.65. The minimum Gasteiger partial charge on any atom is -0.496 e. The molecule has 2 rings (SSSR count). The lowest BCUT2D eigenvalue weighted by molar-refractivity contribution is 0.173. The first-order valence-corrected chi connectivity index (χ1v) is 5.34. The Balaban J connectivity index is 2.77. The summed E-state index contributed by atoms with van der Waals surface area (Å²) in [7, 11) is 3.02. The number of hydrogen-bond donors (Lipinski definition) is 0. The van der Waals surface area contributed by atoms with Gasteiger partial charge in [0.2, 0.25) is 0 Å². The van der Waals surface area contributed by atoms with E-state index in [4.69, 9.17) is 9.47 Å². The number of aromatic nitrogens is 1. The van der Waals surface area contributed by atoms with Gasteiger partial charge in [0.05, 0.1) is 19.7 Å². The van der Waals surface area contributed by atoms with Crippen LogP contribution in [0.5, 0.6) is 5.75 Å². The molecule has 4 heteroatoms. The Bertz CT molecular complexity index is 584. The zero-order valence-electron chi connectivity index (χ0n) is 10.4. The van der Waals surface area contributed by atoms with Crippen molar-refractivity contribution >= 4 is 17.0 Å². The van der Waals surface area contributed by atoms with Gasteiger partial charge in [-0.25, -0.2) is 9.36 Å². The third-order valence-corrected chi connectivity index (χ3v) is 2.97. The fourth-order valence-corrected chi connectivity index (χ4v) is 2.09. The number of benzene rings is 1. The lowest BCUT2D eigenvalue weighted by Gasteiger charge is -2.07. The summed E-state index contributed by atoms with van der Waals surface area (Å²) >= 11 is 0. The molecule has 0 saturated heterocycles. The molecular formula is C13H15NO3. The fourth-order valence-electron chi connectivity index (χ4n) is 2.09. The van der Waals surface area contributed by atoms with Crippen LogP contribution in [0.25, 0.3) is 10.9 Å². The highest BCUT2D eigenvalue weighted by molar-refractivity contribution is 5.93. The van der Waals surface area contributed by atoms with Gasteiger partial charge in [0.1, 0.15) is 5.75 Å². The molecule has 0 radical (unpaired) electrons. The van der Waals surface area contributed by atoms with Crippen LogP contribution in [-0.2, 0) is 4.74 Å². The third-order valence-electron chi connectivity index (χ3n) is 2.97. The molecule has 0 atom stereocenters. The topological polar surface area (TPSA) is 40.5 Å². The minimum atomic E-state index is -0.373. The van der Waals surface area contributed by atoms with Crippen LogP contribution in [0.1, 0.15) is 11.3 Å². The van der Waals surface area contributed by atoms with Gasteiger partial charge in [0.25, 0.3) is 0 Å². The fraction of sp³-hybridized carbons (Fsp3) is 0.308. The van der Waals surface area contributed by atoms with Gasteiger partial charge in [-0.1, -0.05) is 0 Å². The van der Waals surface area contributed by atoms with Crippen LogP contribution < -0.4 is 4.74 Å². The molecule has 0 fully saturated rings. The van der Waals surface area contributed by atoms with Crippen LogP contribution in [0.2, 0.25) is 0 Å². The summed E-state index contributed by atoms with van der Waals surface area (Å²) in [4.78, 5) is 11.7. The molecule has 90 valence electrons. The van der Waals surface area contributed by atoms with Gasteiger partial charge in [-0.3, -0.25) is 0 Å². The molecular weight excluding hydrogens is 218 g/mol. The standard InChI is InChI=1S/C13H15NO3/c1-8-7-10-9(2)12(16-3)6-5-11(10)14(8)13(15)17-4/h5-7H,1-4H3. The van der Waals surface area contributed by atoms with Crippen LogP contribution in [-0.4, -0.2) is 24.9 Å². The zero-order valence-corrected chi connectivity index (χ0v) is 10.4. The van der Waals surface area contributed by atoms with Crippen molar-refractivity contribution in [2.45, 2.75) is 13.8 Å². The van der Waals surface area contributed by atoms with Crippen molar-refractivity contribution in [3.05, 3.63) is 29.5 Å². The second kappa shape index (κ2) is 4.13. The van der Waals surface area contributed by atoms with Gasteiger partial charge in [-0.05, 0) is 32.0 Å². The van der Waals surface area contributed by atoms with E-state index < -0.39 is 0 Å². The number of ether oxygens (including phenoxy) is 2. The van der Waals surface area contributed by atoms with E-state index in [1.807, 2.05) is 32.0 Å². The van der Waals surface area contributed by atoms with Gasteiger partial charge >= 0.3 is 6.09 Å². The number of methoxy groups -OCH3 is 2. The molecule has 0 aliphatic carbocycles. The Morgan fingerprint density at radius 1 is 1.24 bits per heavy atom. The molecule has 0 N–H and O–H groups in total. The van der Waals surface area contributed by atoms with Gasteiger partial charge in [-0.2, -0.15) is 0 Å². The van der Waals surface area contributed by atoms with Crippen LogP contribution in [0.15, 0.2) is 18.2 Å². The molecule has 17 heavy (non-hydrogen) atoms. The molecule has 1 aromatic carbocycles. The van der Waals surface area contributed by atoms with E-state index in [2.05, 4.69) is 0 Å². The van der Waals surface area contributed by atoms with Crippen molar-refractivity contribution < 1.29 is 14.3 Å². The number of nitrogens with zero attached hydrogens (tertiary/aromatic N) is 1. The molecule has 0 aliphatic rings. The predicted molar refractivity (Wildman–Crippen MR) is 65.8 cm³/mol. The molecule has 4 nitrogen and oxygen atoms in total. The number of fused-ring (bicyclic) bond motifs is 1. The van der Waals surface area contributed by atoms with E-state index >= 15 is 0 Å². The van der Waals surface area contributed by atoms with E-state index in [1.165, 1.54) is 7.11 Å². The average Bonchev–Trinajstić information content (AvgIpc) is 2.66. The summed E-state index contributed by atoms with van der Waals surface area (Å²) in [5.74, 6) is 0.819. The van der Waals surface area contributed by atoms with Crippen LogP contribution in [0, 0.1) is 13.8 Å². The second-order valence-electron chi connectivity index (χ2n) is 3.92. The maximum Gasteiger partial charge on any atom is 0.418 e. The van der Waals surface area contributed by atoms with Gasteiger partial charge in [0, 0.05) is 16.6 Å². The molecule has 0 aliphatic heterocycles. The monoisotopic (exact) mass is 233 g/mol. The highest BCUT2D eigenvalue weighted by Crippen LogP contribution is 2.29. The maximum absolute atomic E-state index is 11.7. The Hall–Kier alpha value is -1.97. The van der Waals surface area contributed by atoms with Crippen LogP contribution in [0.3, 0.4) is 0 Å². The van der Waals surface area contributed by atoms with Gasteiger partial charge < -0.3 is 9.47 Å². The molecule has 2 aromatic rings. The first kappa shape index (κ1) is 11.5. The number of carbonyl (C=O) groups is 1. The summed E-state index contributed by atoms with van der Waals surface area (Å²) in [5.41, 5.74) is 2.71. The molecule has 0 saturated carbocycles. The maximum atomic E-state index is 11.7. The number of carbonyl (C=O) groups excluding carboxylic acids is 1. The number of aryl methyl sites for hydroxylation is 2. The summed E-state index contributed by atoms with van der Waals surface area (Å²) < 4.78 is 11.6. The smallest absolute Gasteiger partial charge is 0.418 e. The van der Waals surface area contributed by atoms with E-state index in [0.29, 0.717) is 0 Å². The van der Waals surface area contributed by atoms with E-state index in [-0.39, 0.29) is 6.09 Å². The lowest BCUT2D eigenvalue weighted by atomic mass is 10.1. The summed E-state index contributed by atoms with van der Waals surface area (Å²) in [6, 6.07) is 5.69. The summed E-state index contributed by atoms with van der Waals surface area (Å²) in [5, 5.41) is 1.01. The predicted octanol–water partition coefficient (Wildman–Crippen LogP) is 2.88. The Morgan fingerprint density at radius 3 is 2.53 bits per heavy atom. The van der Waals surface area contributed by atoms with Gasteiger partial charge in [0.15, 0.2) is 0 Å². The first-order valence-electron chi connectivity index (χ1n) is 5.34. The normalized spacial score (nSPS) is 10.6. The number of rotatable bonds is 1. The molecule has 1 heterocycles. The van der Waals surface area contributed by atoms with Crippen LogP contribution in [0.4, 0.5) is 4.79 Å². The van der Waals surface area contributed by atoms with Crippen molar-refractivity contribution in [1.82, 2.24) is 4.57 Å². The Labute approximate surface area is 99.7 Å². The summed E-state index contributed by atoms with van der Waals surface area (Å²) in [6.45, 7) is 3.85. The van der Waals surface area contributed by atoms with Crippen molar-refractivity contribution in [3.8, 4) is 5.75 Å². The highest BCUT2D eigenvalue weighted by Gasteiger charge is 2.15. The van der Waals surface area contributed by atoms with Crippen molar-refractivity contribution in [2.24, 2.45) is 0 Å². The molecule has 0 spiro atoms. The zero-order chi connectivity index (χ0) is 12.6. The van der Waals surface area contributed by atoms with E-state index in [0.717, 1.165) is 27.9 Å². The van der Waals surface area contributed by atoms with Crippen molar-refractivity contribution in [3.63, 3.8) is 0 Å². The minimum absolute atomic E-state index is 0.373. The molecule has 0 unspecified atom stereocenters. The van der Waals surface area contributed by atoms with Crippen molar-refractivity contribution in [1.29, 1.82) is 0 Å². The lowest BCUT2D eigenvalue weighted by Crippen LogP contribution is -2.12. The van der Waals surface area contributed by atoms with Crippen molar-refractivity contribution in [2.75, 3.05) is 14.2 Å². The molecule has 0 amide bonds. The molecule has 0 bridgehead atoms. The van der Waals surface area contributed by atoms with E-state index in [1.54, 1.807) is 11.7 Å². The SMILES string of the molecule is COC(=O)n1c(C)cc2c(C)c(OC)ccc21. The average molecular weight is 233 g/mol. The van der Waals surface area contributed by atoms with Gasteiger partial charge in [-0.15, -0.1) is 0 Å².